The highest BCUT2D eigenvalue weighted by Crippen LogP contribution is 2.32. The zero-order chi connectivity index (χ0) is 22.0. The molecular formula is C24H18BrFN2O3. The molecule has 156 valence electrons. The summed E-state index contributed by atoms with van der Waals surface area (Å²) in [6, 6.07) is 18.6. The summed E-state index contributed by atoms with van der Waals surface area (Å²) < 4.78 is 24.9. The predicted molar refractivity (Wildman–Crippen MR) is 122 cm³/mol. The van der Waals surface area contributed by atoms with Crippen molar-refractivity contribution in [1.29, 1.82) is 0 Å². The number of nitrogens with zero attached hydrogens (tertiary/aromatic N) is 2. The van der Waals surface area contributed by atoms with Gasteiger partial charge in [0.1, 0.15) is 17.3 Å². The molecule has 1 amide bonds. The number of halogens is 2. The third-order valence-corrected chi connectivity index (χ3v) is 5.46. The van der Waals surface area contributed by atoms with E-state index in [2.05, 4.69) is 20.9 Å². The minimum Gasteiger partial charge on any atom is -0.493 e. The molecular weight excluding hydrogens is 463 g/mol. The molecule has 0 radical (unpaired) electrons. The Morgan fingerprint density at radius 2 is 1.68 bits per heavy atom. The van der Waals surface area contributed by atoms with E-state index < -0.39 is 0 Å². The lowest BCUT2D eigenvalue weighted by atomic mass is 10.1. The number of aliphatic imine (C=N–C) groups is 1. The standard InChI is InChI=1S/C24H18BrFN2O3/c1-30-21-12-7-15(14-22(21)31-2)13-20-24(29)28(17-10-8-16(26)9-11-17)23(27-20)18-5-3-4-6-19(18)25/h3-14H,1-2H3/b20-13+. The first kappa shape index (κ1) is 20.8. The number of carbonyl (C=O) groups is 1. The zero-order valence-corrected chi connectivity index (χ0v) is 18.4. The molecule has 31 heavy (non-hydrogen) atoms. The molecule has 0 spiro atoms. The summed E-state index contributed by atoms with van der Waals surface area (Å²) in [5.74, 6) is 0.902. The number of methoxy groups -OCH3 is 2. The highest BCUT2D eigenvalue weighted by atomic mass is 79.9. The predicted octanol–water partition coefficient (Wildman–Crippen LogP) is 5.44. The van der Waals surface area contributed by atoms with Crippen LogP contribution in [0.5, 0.6) is 11.5 Å². The molecule has 0 saturated carbocycles. The van der Waals surface area contributed by atoms with Crippen LogP contribution in [0.15, 0.2) is 81.9 Å². The summed E-state index contributed by atoms with van der Waals surface area (Å²) in [6.45, 7) is 0. The average molecular weight is 481 g/mol. The second-order valence-corrected chi connectivity index (χ2v) is 7.53. The fraction of sp³-hybridized carbons (Fsp3) is 0.0833. The monoisotopic (exact) mass is 480 g/mol. The molecule has 7 heteroatoms. The third kappa shape index (κ3) is 4.09. The number of rotatable bonds is 5. The van der Waals surface area contributed by atoms with E-state index in [0.717, 1.165) is 15.6 Å². The smallest absolute Gasteiger partial charge is 0.282 e. The Morgan fingerprint density at radius 3 is 2.35 bits per heavy atom. The van der Waals surface area contributed by atoms with E-state index in [-0.39, 0.29) is 17.4 Å². The summed E-state index contributed by atoms with van der Waals surface area (Å²) in [7, 11) is 3.11. The van der Waals surface area contributed by atoms with Gasteiger partial charge in [0, 0.05) is 10.0 Å². The maximum absolute atomic E-state index is 13.5. The van der Waals surface area contributed by atoms with Crippen molar-refractivity contribution < 1.29 is 18.7 Å². The average Bonchev–Trinajstić information content (AvgIpc) is 3.10. The van der Waals surface area contributed by atoms with E-state index in [1.165, 1.54) is 17.0 Å². The third-order valence-electron chi connectivity index (χ3n) is 4.77. The minimum atomic E-state index is -0.379. The Labute approximate surface area is 187 Å². The molecule has 0 unspecified atom stereocenters. The highest BCUT2D eigenvalue weighted by Gasteiger charge is 2.33. The fourth-order valence-corrected chi connectivity index (χ4v) is 3.73. The van der Waals surface area contributed by atoms with Crippen LogP contribution in [-0.2, 0) is 4.79 Å². The number of amidine groups is 1. The molecule has 0 N–H and O–H groups in total. The summed E-state index contributed by atoms with van der Waals surface area (Å²) in [5, 5.41) is 0. The molecule has 5 nitrogen and oxygen atoms in total. The van der Waals surface area contributed by atoms with Crippen molar-refractivity contribution >= 4 is 39.4 Å². The lowest BCUT2D eigenvalue weighted by molar-refractivity contribution is -0.113. The first-order chi connectivity index (χ1) is 15.0. The lowest BCUT2D eigenvalue weighted by Gasteiger charge is -2.19. The van der Waals surface area contributed by atoms with Gasteiger partial charge >= 0.3 is 0 Å². The van der Waals surface area contributed by atoms with Crippen LogP contribution in [0.4, 0.5) is 10.1 Å². The molecule has 0 atom stereocenters. The maximum Gasteiger partial charge on any atom is 0.282 e. The van der Waals surface area contributed by atoms with Crippen LogP contribution in [0.2, 0.25) is 0 Å². The molecule has 1 aliphatic rings. The normalized spacial score (nSPS) is 14.7. The van der Waals surface area contributed by atoms with Gasteiger partial charge in [0.2, 0.25) is 0 Å². The lowest BCUT2D eigenvalue weighted by Crippen LogP contribution is -2.32. The van der Waals surface area contributed by atoms with Gasteiger partial charge in [0.15, 0.2) is 11.5 Å². The SMILES string of the molecule is COc1ccc(/C=C2/N=C(c3ccccc3Br)N(c3ccc(F)cc3)C2=O)cc1OC. The van der Waals surface area contributed by atoms with Crippen LogP contribution in [0, 0.1) is 5.82 Å². The van der Waals surface area contributed by atoms with Gasteiger partial charge in [-0.05, 0) is 54.1 Å². The Bertz CT molecular complexity index is 1210. The van der Waals surface area contributed by atoms with Crippen LogP contribution < -0.4 is 14.4 Å². The molecule has 3 aromatic carbocycles. The van der Waals surface area contributed by atoms with Crippen LogP contribution >= 0.6 is 15.9 Å². The molecule has 4 rings (SSSR count). The van der Waals surface area contributed by atoms with Crippen molar-refractivity contribution in [1.82, 2.24) is 0 Å². The summed E-state index contributed by atoms with van der Waals surface area (Å²) in [4.78, 5) is 19.5. The highest BCUT2D eigenvalue weighted by molar-refractivity contribution is 9.10. The Hall–Kier alpha value is -3.45. The Morgan fingerprint density at radius 1 is 0.968 bits per heavy atom. The molecule has 0 aliphatic carbocycles. The number of amides is 1. The number of carbonyl (C=O) groups excluding carboxylic acids is 1. The van der Waals surface area contributed by atoms with Gasteiger partial charge in [-0.25, -0.2) is 9.38 Å². The molecule has 3 aromatic rings. The van der Waals surface area contributed by atoms with Gasteiger partial charge in [-0.3, -0.25) is 9.69 Å². The van der Waals surface area contributed by atoms with E-state index in [1.54, 1.807) is 44.6 Å². The largest absolute Gasteiger partial charge is 0.493 e. The number of hydrogen-bond donors (Lipinski definition) is 0. The van der Waals surface area contributed by atoms with Crippen molar-refractivity contribution in [3.8, 4) is 11.5 Å². The van der Waals surface area contributed by atoms with Crippen molar-refractivity contribution in [3.63, 3.8) is 0 Å². The van der Waals surface area contributed by atoms with Crippen LogP contribution in [0.25, 0.3) is 6.08 Å². The van der Waals surface area contributed by atoms with Gasteiger partial charge in [0.25, 0.3) is 5.91 Å². The number of hydrogen-bond acceptors (Lipinski definition) is 4. The minimum absolute atomic E-state index is 0.252. The van der Waals surface area contributed by atoms with Crippen molar-refractivity contribution in [2.24, 2.45) is 4.99 Å². The fourth-order valence-electron chi connectivity index (χ4n) is 3.27. The Kier molecular flexibility index (Phi) is 5.86. The van der Waals surface area contributed by atoms with Gasteiger partial charge in [0.05, 0.1) is 19.9 Å². The molecule has 1 heterocycles. The topological polar surface area (TPSA) is 51.1 Å². The van der Waals surface area contributed by atoms with E-state index >= 15 is 0 Å². The second-order valence-electron chi connectivity index (χ2n) is 6.68. The first-order valence-electron chi connectivity index (χ1n) is 9.39. The van der Waals surface area contributed by atoms with E-state index in [4.69, 9.17) is 9.47 Å². The zero-order valence-electron chi connectivity index (χ0n) is 16.8. The number of anilines is 1. The van der Waals surface area contributed by atoms with E-state index in [0.29, 0.717) is 23.0 Å². The van der Waals surface area contributed by atoms with Crippen LogP contribution in [-0.4, -0.2) is 26.0 Å². The van der Waals surface area contributed by atoms with E-state index in [1.807, 2.05) is 30.3 Å². The van der Waals surface area contributed by atoms with Crippen LogP contribution in [0.3, 0.4) is 0 Å². The molecule has 0 fully saturated rings. The van der Waals surface area contributed by atoms with Gasteiger partial charge in [-0.15, -0.1) is 0 Å². The molecule has 1 aliphatic heterocycles. The van der Waals surface area contributed by atoms with Crippen molar-refractivity contribution in [3.05, 3.63) is 93.8 Å². The van der Waals surface area contributed by atoms with E-state index in [9.17, 15) is 9.18 Å². The maximum atomic E-state index is 13.5. The van der Waals surface area contributed by atoms with Crippen molar-refractivity contribution in [2.45, 2.75) is 0 Å². The summed E-state index contributed by atoms with van der Waals surface area (Å²) >= 11 is 3.53. The van der Waals surface area contributed by atoms with Crippen molar-refractivity contribution in [2.75, 3.05) is 19.1 Å². The van der Waals surface area contributed by atoms with Gasteiger partial charge < -0.3 is 9.47 Å². The first-order valence-corrected chi connectivity index (χ1v) is 10.2. The van der Waals surface area contributed by atoms with Crippen LogP contribution in [0.1, 0.15) is 11.1 Å². The molecule has 0 bridgehead atoms. The van der Waals surface area contributed by atoms with Gasteiger partial charge in [-0.2, -0.15) is 0 Å². The Balaban J connectivity index is 1.83. The summed E-state index contributed by atoms with van der Waals surface area (Å²) in [5.41, 5.74) is 2.26. The number of benzene rings is 3. The number of ether oxygens (including phenoxy) is 2. The van der Waals surface area contributed by atoms with Gasteiger partial charge in [-0.1, -0.05) is 40.2 Å². The summed E-state index contributed by atoms with van der Waals surface area (Å²) in [6.07, 6.45) is 1.69. The molecule has 0 saturated heterocycles. The second kappa shape index (κ2) is 8.73. The molecule has 0 aromatic heterocycles. The quantitative estimate of drug-likeness (QED) is 0.456.